The molecule has 0 unspecified atom stereocenters. The van der Waals surface area contributed by atoms with Crippen LogP contribution in [0.4, 0.5) is 0 Å². The first-order valence-electron chi connectivity index (χ1n) is 6.38. The van der Waals surface area contributed by atoms with Gasteiger partial charge in [0.2, 0.25) is 0 Å². The predicted molar refractivity (Wildman–Crippen MR) is 64.2 cm³/mol. The summed E-state index contributed by atoms with van der Waals surface area (Å²) >= 11 is 0. The third kappa shape index (κ3) is 1.29. The molecule has 1 fully saturated rings. The van der Waals surface area contributed by atoms with Crippen molar-refractivity contribution in [2.75, 3.05) is 0 Å². The van der Waals surface area contributed by atoms with Gasteiger partial charge in [0.1, 0.15) is 0 Å². The molecule has 0 amide bonds. The molecule has 0 bridgehead atoms. The molecular formula is C15H17N. The molecule has 3 rings (SSSR count). The van der Waals surface area contributed by atoms with Gasteiger partial charge < -0.3 is 0 Å². The normalized spacial score (nSPS) is 21.7. The summed E-state index contributed by atoms with van der Waals surface area (Å²) in [7, 11) is 0. The second-order valence-corrected chi connectivity index (χ2v) is 5.20. The Morgan fingerprint density at radius 3 is 2.56 bits per heavy atom. The maximum Gasteiger partial charge on any atom is 0.0825 e. The molecule has 2 aliphatic carbocycles. The largest absolute Gasteiger partial charge is 0.197 e. The fourth-order valence-electron chi connectivity index (χ4n) is 3.20. The van der Waals surface area contributed by atoms with Crippen molar-refractivity contribution in [2.45, 2.75) is 50.4 Å². The smallest absolute Gasteiger partial charge is 0.0825 e. The summed E-state index contributed by atoms with van der Waals surface area (Å²) in [5.74, 6) is 0. The molecule has 0 heterocycles. The first kappa shape index (κ1) is 9.90. The third-order valence-corrected chi connectivity index (χ3v) is 4.33. The van der Waals surface area contributed by atoms with Crippen LogP contribution in [0.1, 0.15) is 48.8 Å². The number of nitriles is 1. The lowest BCUT2D eigenvalue weighted by atomic mass is 9.63. The zero-order valence-corrected chi connectivity index (χ0v) is 9.63. The van der Waals surface area contributed by atoms with E-state index in [1.807, 2.05) is 0 Å². The van der Waals surface area contributed by atoms with E-state index in [2.05, 4.69) is 24.3 Å². The predicted octanol–water partition coefficient (Wildman–Crippen LogP) is 3.51. The zero-order valence-electron chi connectivity index (χ0n) is 9.63. The Hall–Kier alpha value is -1.29. The topological polar surface area (TPSA) is 23.8 Å². The number of hydrogen-bond donors (Lipinski definition) is 0. The van der Waals surface area contributed by atoms with E-state index in [0.29, 0.717) is 0 Å². The van der Waals surface area contributed by atoms with Crippen LogP contribution in [0.25, 0.3) is 0 Å². The van der Waals surface area contributed by atoms with Crippen molar-refractivity contribution in [3.63, 3.8) is 0 Å². The van der Waals surface area contributed by atoms with E-state index >= 15 is 0 Å². The molecule has 1 heteroatoms. The monoisotopic (exact) mass is 211 g/mol. The first-order valence-corrected chi connectivity index (χ1v) is 6.38. The lowest BCUT2D eigenvalue weighted by molar-refractivity contribution is 0.321. The van der Waals surface area contributed by atoms with Gasteiger partial charge >= 0.3 is 0 Å². The number of benzene rings is 1. The summed E-state index contributed by atoms with van der Waals surface area (Å²) in [5.41, 5.74) is 4.25. The molecule has 0 atom stereocenters. The number of fused-ring (bicyclic) bond motifs is 1. The molecule has 0 aromatic heterocycles. The molecule has 1 nitrogen and oxygen atoms in total. The summed E-state index contributed by atoms with van der Waals surface area (Å²) in [6.45, 7) is 0. The van der Waals surface area contributed by atoms with Crippen LogP contribution in [0.2, 0.25) is 0 Å². The molecular weight excluding hydrogens is 194 g/mol. The van der Waals surface area contributed by atoms with Gasteiger partial charge in [-0.15, -0.1) is 0 Å². The van der Waals surface area contributed by atoms with Gasteiger partial charge in [0.15, 0.2) is 0 Å². The third-order valence-electron chi connectivity index (χ3n) is 4.33. The Balaban J connectivity index is 2.11. The number of nitrogens with zero attached hydrogens (tertiary/aromatic N) is 1. The maximum atomic E-state index is 9.44. The quantitative estimate of drug-likeness (QED) is 0.697. The van der Waals surface area contributed by atoms with Crippen molar-refractivity contribution in [1.29, 1.82) is 5.26 Å². The Bertz CT molecular complexity index is 449. The van der Waals surface area contributed by atoms with Gasteiger partial charge in [0.25, 0.3) is 0 Å². The van der Waals surface area contributed by atoms with Crippen molar-refractivity contribution in [3.05, 3.63) is 34.9 Å². The minimum Gasteiger partial charge on any atom is -0.197 e. The van der Waals surface area contributed by atoms with Crippen LogP contribution < -0.4 is 0 Å². The summed E-state index contributed by atoms with van der Waals surface area (Å²) in [4.78, 5) is 0. The van der Waals surface area contributed by atoms with Gasteiger partial charge in [-0.2, -0.15) is 5.26 Å². The molecule has 0 N–H and O–H groups in total. The SMILES string of the molecule is N#CC1(c2cccc3c2CCCC3)CCC1. The van der Waals surface area contributed by atoms with E-state index in [1.165, 1.54) is 48.8 Å². The van der Waals surface area contributed by atoms with Crippen LogP contribution >= 0.6 is 0 Å². The van der Waals surface area contributed by atoms with Crippen LogP contribution in [0, 0.1) is 11.3 Å². The van der Waals surface area contributed by atoms with Crippen molar-refractivity contribution < 1.29 is 0 Å². The Kier molecular flexibility index (Phi) is 2.24. The van der Waals surface area contributed by atoms with E-state index in [9.17, 15) is 5.26 Å². The molecule has 0 radical (unpaired) electrons. The summed E-state index contributed by atoms with van der Waals surface area (Å²) in [5, 5.41) is 9.44. The van der Waals surface area contributed by atoms with Gasteiger partial charge in [0.05, 0.1) is 11.5 Å². The fraction of sp³-hybridized carbons (Fsp3) is 0.533. The van der Waals surface area contributed by atoms with Gasteiger partial charge in [-0.25, -0.2) is 0 Å². The highest BCUT2D eigenvalue weighted by Crippen LogP contribution is 2.45. The average Bonchev–Trinajstić information content (AvgIpc) is 2.29. The van der Waals surface area contributed by atoms with E-state index < -0.39 is 0 Å². The van der Waals surface area contributed by atoms with E-state index in [0.717, 1.165) is 12.8 Å². The molecule has 1 saturated carbocycles. The van der Waals surface area contributed by atoms with Crippen molar-refractivity contribution >= 4 is 0 Å². The molecule has 0 spiro atoms. The molecule has 0 saturated heterocycles. The van der Waals surface area contributed by atoms with E-state index in [4.69, 9.17) is 0 Å². The summed E-state index contributed by atoms with van der Waals surface area (Å²) < 4.78 is 0. The molecule has 16 heavy (non-hydrogen) atoms. The van der Waals surface area contributed by atoms with Crippen LogP contribution in [0.15, 0.2) is 18.2 Å². The first-order chi connectivity index (χ1) is 7.86. The summed E-state index contributed by atoms with van der Waals surface area (Å²) in [6.07, 6.45) is 8.37. The fourth-order valence-corrected chi connectivity index (χ4v) is 3.20. The van der Waals surface area contributed by atoms with Gasteiger partial charge in [-0.05, 0) is 61.6 Å². The average molecular weight is 211 g/mol. The number of rotatable bonds is 1. The van der Waals surface area contributed by atoms with Crippen LogP contribution in [-0.2, 0) is 18.3 Å². The highest BCUT2D eigenvalue weighted by molar-refractivity contribution is 5.46. The highest BCUT2D eigenvalue weighted by Gasteiger charge is 2.40. The van der Waals surface area contributed by atoms with Crippen molar-refractivity contribution in [2.24, 2.45) is 0 Å². The standard InChI is InChI=1S/C15H17N/c16-11-15(9-4-10-15)14-8-3-6-12-5-1-2-7-13(12)14/h3,6,8H,1-2,4-5,7,9-10H2. The number of aryl methyl sites for hydroxylation is 1. The minimum absolute atomic E-state index is 0.122. The highest BCUT2D eigenvalue weighted by atomic mass is 14.5. The lowest BCUT2D eigenvalue weighted by Gasteiger charge is -2.38. The minimum atomic E-state index is -0.122. The van der Waals surface area contributed by atoms with Gasteiger partial charge in [0, 0.05) is 0 Å². The molecule has 1 aromatic carbocycles. The Morgan fingerprint density at radius 2 is 1.88 bits per heavy atom. The Morgan fingerprint density at radius 1 is 1.06 bits per heavy atom. The molecule has 2 aliphatic rings. The zero-order chi connectivity index (χ0) is 11.0. The van der Waals surface area contributed by atoms with E-state index in [-0.39, 0.29) is 5.41 Å². The lowest BCUT2D eigenvalue weighted by Crippen LogP contribution is -2.34. The molecule has 82 valence electrons. The number of hydrogen-bond acceptors (Lipinski definition) is 1. The van der Waals surface area contributed by atoms with Crippen molar-refractivity contribution in [3.8, 4) is 6.07 Å². The van der Waals surface area contributed by atoms with Crippen LogP contribution in [0.3, 0.4) is 0 Å². The van der Waals surface area contributed by atoms with Crippen LogP contribution in [0.5, 0.6) is 0 Å². The van der Waals surface area contributed by atoms with E-state index in [1.54, 1.807) is 0 Å². The molecule has 1 aromatic rings. The maximum absolute atomic E-state index is 9.44. The second-order valence-electron chi connectivity index (χ2n) is 5.20. The van der Waals surface area contributed by atoms with Crippen molar-refractivity contribution in [1.82, 2.24) is 0 Å². The van der Waals surface area contributed by atoms with Crippen LogP contribution in [-0.4, -0.2) is 0 Å². The molecule has 0 aliphatic heterocycles. The summed E-state index contributed by atoms with van der Waals surface area (Å²) in [6, 6.07) is 9.18. The van der Waals surface area contributed by atoms with Gasteiger partial charge in [-0.1, -0.05) is 18.2 Å². The Labute approximate surface area is 97.1 Å². The van der Waals surface area contributed by atoms with Gasteiger partial charge in [-0.3, -0.25) is 0 Å². The second kappa shape index (κ2) is 3.63.